The number of hydrogen-bond donors (Lipinski definition) is 1. The Labute approximate surface area is 130 Å². The van der Waals surface area contributed by atoms with Gasteiger partial charge in [-0.1, -0.05) is 12.1 Å². The zero-order valence-corrected chi connectivity index (χ0v) is 13.2. The molecule has 2 rings (SSSR count). The van der Waals surface area contributed by atoms with Crippen LogP contribution >= 0.6 is 0 Å². The van der Waals surface area contributed by atoms with Gasteiger partial charge < -0.3 is 10.1 Å². The average molecular weight is 307 g/mol. The van der Waals surface area contributed by atoms with Gasteiger partial charge in [-0.25, -0.2) is 9.18 Å². The van der Waals surface area contributed by atoms with Gasteiger partial charge in [0.15, 0.2) is 5.78 Å². The second-order valence-electron chi connectivity index (χ2n) is 6.67. The van der Waals surface area contributed by atoms with Crippen LogP contribution in [0.2, 0.25) is 0 Å². The molecule has 1 aromatic rings. The van der Waals surface area contributed by atoms with Gasteiger partial charge in [-0.3, -0.25) is 4.79 Å². The van der Waals surface area contributed by atoms with Crippen LogP contribution in [0.4, 0.5) is 9.18 Å². The third-order valence-electron chi connectivity index (χ3n) is 3.73. The first-order chi connectivity index (χ1) is 10.2. The van der Waals surface area contributed by atoms with E-state index in [0.717, 1.165) is 12.8 Å². The van der Waals surface area contributed by atoms with Gasteiger partial charge >= 0.3 is 6.09 Å². The van der Waals surface area contributed by atoms with Crippen molar-refractivity contribution in [3.05, 3.63) is 35.6 Å². The van der Waals surface area contributed by atoms with Gasteiger partial charge in [0.1, 0.15) is 17.0 Å². The fourth-order valence-electron chi connectivity index (χ4n) is 2.75. The molecule has 1 unspecified atom stereocenters. The molecule has 5 heteroatoms. The van der Waals surface area contributed by atoms with E-state index in [0.29, 0.717) is 18.4 Å². The topological polar surface area (TPSA) is 55.4 Å². The molecule has 1 amide bonds. The number of amides is 1. The number of carbonyl (C=O) groups is 2. The molecular weight excluding hydrogens is 285 g/mol. The van der Waals surface area contributed by atoms with Crippen LogP contribution in [0, 0.1) is 5.82 Å². The summed E-state index contributed by atoms with van der Waals surface area (Å²) in [6.07, 6.45) is 1.88. The maximum Gasteiger partial charge on any atom is 0.408 e. The Morgan fingerprint density at radius 2 is 1.86 bits per heavy atom. The lowest BCUT2D eigenvalue weighted by molar-refractivity contribution is -0.128. The number of Topliss-reactive ketones (excluding diaryl/α,β-unsaturated/α-hetero) is 1. The van der Waals surface area contributed by atoms with E-state index in [2.05, 4.69) is 5.32 Å². The minimum Gasteiger partial charge on any atom is -0.444 e. The highest BCUT2D eigenvalue weighted by atomic mass is 19.1. The number of halogens is 1. The highest BCUT2D eigenvalue weighted by molar-refractivity contribution is 5.93. The Balaban J connectivity index is 2.32. The Morgan fingerprint density at radius 1 is 1.23 bits per heavy atom. The summed E-state index contributed by atoms with van der Waals surface area (Å²) in [6, 6.07) is 5.71. The van der Waals surface area contributed by atoms with E-state index >= 15 is 0 Å². The lowest BCUT2D eigenvalue weighted by atomic mass is 9.75. The quantitative estimate of drug-likeness (QED) is 0.906. The van der Waals surface area contributed by atoms with Crippen LogP contribution in [0.25, 0.3) is 0 Å². The zero-order chi connectivity index (χ0) is 16.4. The van der Waals surface area contributed by atoms with Gasteiger partial charge in [-0.2, -0.15) is 0 Å². The number of nitrogens with one attached hydrogen (secondary N) is 1. The number of hydrogen-bond acceptors (Lipinski definition) is 3. The summed E-state index contributed by atoms with van der Waals surface area (Å²) in [5, 5.41) is 2.74. The summed E-state index contributed by atoms with van der Waals surface area (Å²) in [4.78, 5) is 24.7. The minimum absolute atomic E-state index is 0.0591. The smallest absolute Gasteiger partial charge is 0.408 e. The summed E-state index contributed by atoms with van der Waals surface area (Å²) >= 11 is 0. The van der Waals surface area contributed by atoms with Crippen molar-refractivity contribution < 1.29 is 18.7 Å². The van der Waals surface area contributed by atoms with Crippen LogP contribution in [0.1, 0.15) is 52.0 Å². The van der Waals surface area contributed by atoms with E-state index < -0.39 is 17.2 Å². The normalized spacial score (nSPS) is 22.3. The summed E-state index contributed by atoms with van der Waals surface area (Å²) < 4.78 is 18.4. The Bertz CT molecular complexity index is 562. The molecule has 120 valence electrons. The fourth-order valence-corrected chi connectivity index (χ4v) is 2.75. The van der Waals surface area contributed by atoms with Crippen molar-refractivity contribution in [1.29, 1.82) is 0 Å². The minimum atomic E-state index is -1.12. The van der Waals surface area contributed by atoms with E-state index in [1.54, 1.807) is 32.9 Å². The largest absolute Gasteiger partial charge is 0.444 e. The molecule has 4 nitrogen and oxygen atoms in total. The first kappa shape index (κ1) is 16.5. The van der Waals surface area contributed by atoms with Crippen molar-refractivity contribution in [3.63, 3.8) is 0 Å². The van der Waals surface area contributed by atoms with Gasteiger partial charge in [-0.05, 0) is 57.7 Å². The van der Waals surface area contributed by atoms with Crippen molar-refractivity contribution in [3.8, 4) is 0 Å². The molecule has 1 aliphatic carbocycles. The van der Waals surface area contributed by atoms with Gasteiger partial charge in [0.25, 0.3) is 0 Å². The van der Waals surface area contributed by atoms with Gasteiger partial charge in [0.05, 0.1) is 0 Å². The van der Waals surface area contributed by atoms with Crippen molar-refractivity contribution in [2.75, 3.05) is 0 Å². The number of rotatable bonds is 2. The van der Waals surface area contributed by atoms with E-state index in [4.69, 9.17) is 4.74 Å². The number of alkyl carbamates (subject to hydrolysis) is 1. The van der Waals surface area contributed by atoms with Crippen LogP contribution in [0.15, 0.2) is 24.3 Å². The number of carbonyl (C=O) groups excluding carboxylic acids is 2. The lowest BCUT2D eigenvalue weighted by Crippen LogP contribution is -2.54. The van der Waals surface area contributed by atoms with Crippen LogP contribution in [-0.4, -0.2) is 17.5 Å². The fraction of sp³-hybridized carbons (Fsp3) is 0.529. The highest BCUT2D eigenvalue weighted by Crippen LogP contribution is 2.35. The molecule has 0 aliphatic heterocycles. The maximum absolute atomic E-state index is 13.2. The number of ether oxygens (including phenoxy) is 1. The second kappa shape index (κ2) is 6.07. The summed E-state index contributed by atoms with van der Waals surface area (Å²) in [7, 11) is 0. The highest BCUT2D eigenvalue weighted by Gasteiger charge is 2.43. The monoisotopic (exact) mass is 307 g/mol. The van der Waals surface area contributed by atoms with Gasteiger partial charge in [0.2, 0.25) is 0 Å². The molecule has 1 aliphatic rings. The van der Waals surface area contributed by atoms with E-state index in [-0.39, 0.29) is 11.6 Å². The van der Waals surface area contributed by atoms with Crippen LogP contribution in [0.5, 0.6) is 0 Å². The Kier molecular flexibility index (Phi) is 4.54. The Morgan fingerprint density at radius 3 is 2.41 bits per heavy atom. The average Bonchev–Trinajstić information content (AvgIpc) is 2.40. The summed E-state index contributed by atoms with van der Waals surface area (Å²) in [5.74, 6) is -0.435. The molecular formula is C17H22FNO3. The molecule has 22 heavy (non-hydrogen) atoms. The third-order valence-corrected chi connectivity index (χ3v) is 3.73. The predicted molar refractivity (Wildman–Crippen MR) is 80.9 cm³/mol. The van der Waals surface area contributed by atoms with Crippen molar-refractivity contribution in [2.24, 2.45) is 0 Å². The van der Waals surface area contributed by atoms with Gasteiger partial charge in [-0.15, -0.1) is 0 Å². The molecule has 0 radical (unpaired) electrons. The third kappa shape index (κ3) is 3.64. The molecule has 1 saturated carbocycles. The molecule has 0 aromatic heterocycles. The van der Waals surface area contributed by atoms with Gasteiger partial charge in [0, 0.05) is 6.42 Å². The molecule has 1 fully saturated rings. The summed E-state index contributed by atoms with van der Waals surface area (Å²) in [5.41, 5.74) is -1.16. The standard InChI is InChI=1S/C17H22FNO3/c1-16(2,3)22-15(21)19-17(11-5-4-6-14(17)20)12-7-9-13(18)10-8-12/h7-10H,4-6,11H2,1-3H3,(H,19,21). The molecule has 0 heterocycles. The number of ketones is 1. The summed E-state index contributed by atoms with van der Waals surface area (Å²) in [6.45, 7) is 5.29. The van der Waals surface area contributed by atoms with Crippen molar-refractivity contribution in [1.82, 2.24) is 5.32 Å². The molecule has 0 saturated heterocycles. The van der Waals surface area contributed by atoms with Crippen molar-refractivity contribution >= 4 is 11.9 Å². The molecule has 1 aromatic carbocycles. The van der Waals surface area contributed by atoms with E-state index in [1.165, 1.54) is 12.1 Å². The van der Waals surface area contributed by atoms with Crippen LogP contribution < -0.4 is 5.32 Å². The first-order valence-electron chi connectivity index (χ1n) is 7.53. The maximum atomic E-state index is 13.2. The van der Waals surface area contributed by atoms with Crippen molar-refractivity contribution in [2.45, 2.75) is 57.6 Å². The Hall–Kier alpha value is -1.91. The predicted octanol–water partition coefficient (Wildman–Crippen LogP) is 3.69. The first-order valence-corrected chi connectivity index (χ1v) is 7.53. The molecule has 0 spiro atoms. The lowest BCUT2D eigenvalue weighted by Gasteiger charge is -2.37. The zero-order valence-electron chi connectivity index (χ0n) is 13.2. The van der Waals surface area contributed by atoms with Crippen LogP contribution in [-0.2, 0) is 15.1 Å². The van der Waals surface area contributed by atoms with E-state index in [1.807, 2.05) is 0 Å². The SMILES string of the molecule is CC(C)(C)OC(=O)NC1(c2ccc(F)cc2)CCCCC1=O. The molecule has 1 N–H and O–H groups in total. The molecule has 0 bridgehead atoms. The number of benzene rings is 1. The second-order valence-corrected chi connectivity index (χ2v) is 6.67. The molecule has 1 atom stereocenters. The van der Waals surface area contributed by atoms with E-state index in [9.17, 15) is 14.0 Å². The van der Waals surface area contributed by atoms with Crippen LogP contribution in [0.3, 0.4) is 0 Å².